The van der Waals surface area contributed by atoms with Crippen LogP contribution in [0.25, 0.3) is 0 Å². The molecule has 0 amide bonds. The van der Waals surface area contributed by atoms with Crippen molar-refractivity contribution in [3.63, 3.8) is 0 Å². The number of pyridine rings is 1. The molecule has 1 unspecified atom stereocenters. The maximum absolute atomic E-state index is 5.72. The van der Waals surface area contributed by atoms with Crippen LogP contribution in [0.5, 0.6) is 0 Å². The average molecular weight is 271 g/mol. The number of nitrogens with one attached hydrogen (secondary N) is 1. The maximum Gasteiger partial charge on any atom is 0.125 e. The Morgan fingerprint density at radius 2 is 2.25 bits per heavy atom. The third kappa shape index (κ3) is 2.76. The highest BCUT2D eigenvalue weighted by Gasteiger charge is 2.26. The second-order valence-electron chi connectivity index (χ2n) is 5.29. The molecule has 2 aromatic rings. The third-order valence-electron chi connectivity index (χ3n) is 3.91. The van der Waals surface area contributed by atoms with Gasteiger partial charge in [0.2, 0.25) is 0 Å². The second kappa shape index (κ2) is 6.20. The van der Waals surface area contributed by atoms with Crippen LogP contribution in [0.4, 0.5) is 0 Å². The Kier molecular flexibility index (Phi) is 4.14. The lowest BCUT2D eigenvalue weighted by molar-refractivity contribution is 0.215. The van der Waals surface area contributed by atoms with Gasteiger partial charge in [0.1, 0.15) is 5.76 Å². The average Bonchev–Trinajstić information content (AvgIpc) is 2.85. The van der Waals surface area contributed by atoms with Crippen LogP contribution >= 0.6 is 0 Å². The second-order valence-corrected chi connectivity index (χ2v) is 5.29. The molecule has 1 atom stereocenters. The van der Waals surface area contributed by atoms with Gasteiger partial charge in [0.05, 0.1) is 12.3 Å². The zero-order chi connectivity index (χ0) is 13.8. The standard InChI is InChI=1S/C16H21N3O/c1-13-12-18-7-5-14(13)16(15-4-2-11-20-15)19-9-3-6-17-8-10-19/h2,4-5,7,11-12,16-17H,3,6,8-10H2,1H3. The van der Waals surface area contributed by atoms with E-state index in [1.165, 1.54) is 17.5 Å². The Labute approximate surface area is 119 Å². The molecule has 0 saturated carbocycles. The van der Waals surface area contributed by atoms with Crippen LogP contribution in [0.2, 0.25) is 0 Å². The minimum absolute atomic E-state index is 0.188. The summed E-state index contributed by atoms with van der Waals surface area (Å²) in [6, 6.07) is 6.34. The van der Waals surface area contributed by atoms with Crippen molar-refractivity contribution in [2.24, 2.45) is 0 Å². The summed E-state index contributed by atoms with van der Waals surface area (Å²) < 4.78 is 5.72. The van der Waals surface area contributed by atoms with Gasteiger partial charge in [-0.25, -0.2) is 0 Å². The summed E-state index contributed by atoms with van der Waals surface area (Å²) in [4.78, 5) is 6.71. The molecular weight excluding hydrogens is 250 g/mol. The van der Waals surface area contributed by atoms with Gasteiger partial charge in [-0.2, -0.15) is 0 Å². The molecule has 0 radical (unpaired) electrons. The summed E-state index contributed by atoms with van der Waals surface area (Å²) >= 11 is 0. The van der Waals surface area contributed by atoms with Gasteiger partial charge in [-0.05, 0) is 49.2 Å². The van der Waals surface area contributed by atoms with Crippen LogP contribution in [-0.4, -0.2) is 36.1 Å². The summed E-state index contributed by atoms with van der Waals surface area (Å²) in [5, 5.41) is 3.46. The fourth-order valence-corrected chi connectivity index (χ4v) is 2.89. The first-order valence-electron chi connectivity index (χ1n) is 7.25. The Balaban J connectivity index is 1.98. The number of hydrogen-bond acceptors (Lipinski definition) is 4. The smallest absolute Gasteiger partial charge is 0.125 e. The fourth-order valence-electron chi connectivity index (χ4n) is 2.89. The van der Waals surface area contributed by atoms with Gasteiger partial charge in [0.25, 0.3) is 0 Å². The predicted octanol–water partition coefficient (Wildman–Crippen LogP) is 2.37. The maximum atomic E-state index is 5.72. The topological polar surface area (TPSA) is 41.3 Å². The third-order valence-corrected chi connectivity index (χ3v) is 3.91. The number of rotatable bonds is 3. The van der Waals surface area contributed by atoms with Gasteiger partial charge >= 0.3 is 0 Å². The van der Waals surface area contributed by atoms with Crippen LogP contribution < -0.4 is 5.32 Å². The van der Waals surface area contributed by atoms with E-state index in [1.807, 2.05) is 18.5 Å². The molecule has 4 heteroatoms. The summed E-state index contributed by atoms with van der Waals surface area (Å²) in [5.41, 5.74) is 2.50. The Morgan fingerprint density at radius 3 is 3.05 bits per heavy atom. The van der Waals surface area contributed by atoms with Crippen molar-refractivity contribution in [2.45, 2.75) is 19.4 Å². The van der Waals surface area contributed by atoms with Crippen molar-refractivity contribution in [1.29, 1.82) is 0 Å². The highest BCUT2D eigenvalue weighted by atomic mass is 16.3. The lowest BCUT2D eigenvalue weighted by atomic mass is 9.99. The largest absolute Gasteiger partial charge is 0.467 e. The molecular formula is C16H21N3O. The number of aryl methyl sites for hydroxylation is 1. The van der Waals surface area contributed by atoms with E-state index in [2.05, 4.69) is 34.3 Å². The first-order chi connectivity index (χ1) is 9.86. The molecule has 1 aliphatic heterocycles. The zero-order valence-corrected chi connectivity index (χ0v) is 11.9. The normalized spacial score (nSPS) is 18.6. The molecule has 3 heterocycles. The number of hydrogen-bond donors (Lipinski definition) is 1. The van der Waals surface area contributed by atoms with Gasteiger partial charge < -0.3 is 9.73 Å². The van der Waals surface area contributed by atoms with E-state index in [0.717, 1.165) is 31.9 Å². The Bertz CT molecular complexity index is 530. The van der Waals surface area contributed by atoms with E-state index in [1.54, 1.807) is 6.26 Å². The molecule has 0 bridgehead atoms. The first-order valence-corrected chi connectivity index (χ1v) is 7.25. The number of aromatic nitrogens is 1. The Hall–Kier alpha value is -1.65. The van der Waals surface area contributed by atoms with Crippen LogP contribution in [0.3, 0.4) is 0 Å². The van der Waals surface area contributed by atoms with Gasteiger partial charge in [0.15, 0.2) is 0 Å². The van der Waals surface area contributed by atoms with Gasteiger partial charge in [-0.15, -0.1) is 0 Å². The molecule has 2 aromatic heterocycles. The van der Waals surface area contributed by atoms with Gasteiger partial charge in [0, 0.05) is 32.0 Å². The van der Waals surface area contributed by atoms with Crippen molar-refractivity contribution in [2.75, 3.05) is 26.2 Å². The summed E-state index contributed by atoms with van der Waals surface area (Å²) in [6.45, 7) is 6.36. The first kappa shape index (κ1) is 13.3. The lowest BCUT2D eigenvalue weighted by Crippen LogP contribution is -2.33. The molecule has 4 nitrogen and oxygen atoms in total. The SMILES string of the molecule is Cc1cnccc1C(c1ccco1)N1CCCNCC1. The summed E-state index contributed by atoms with van der Waals surface area (Å²) in [7, 11) is 0. The quantitative estimate of drug-likeness (QED) is 0.930. The van der Waals surface area contributed by atoms with Gasteiger partial charge in [-0.3, -0.25) is 9.88 Å². The van der Waals surface area contributed by atoms with Crippen molar-refractivity contribution in [3.8, 4) is 0 Å². The lowest BCUT2D eigenvalue weighted by Gasteiger charge is -2.30. The van der Waals surface area contributed by atoms with Crippen LogP contribution in [-0.2, 0) is 0 Å². The van der Waals surface area contributed by atoms with E-state index < -0.39 is 0 Å². The van der Waals surface area contributed by atoms with Crippen LogP contribution in [0.15, 0.2) is 41.3 Å². The zero-order valence-electron chi connectivity index (χ0n) is 11.9. The molecule has 1 fully saturated rings. The molecule has 0 spiro atoms. The van der Waals surface area contributed by atoms with Crippen molar-refractivity contribution < 1.29 is 4.42 Å². The van der Waals surface area contributed by atoms with E-state index in [4.69, 9.17) is 4.42 Å². The molecule has 1 saturated heterocycles. The predicted molar refractivity (Wildman–Crippen MR) is 78.6 cm³/mol. The van der Waals surface area contributed by atoms with Crippen molar-refractivity contribution in [3.05, 3.63) is 53.7 Å². The number of furan rings is 1. The summed E-state index contributed by atoms with van der Waals surface area (Å²) in [5.74, 6) is 1.02. The molecule has 0 aliphatic carbocycles. The fraction of sp³-hybridized carbons (Fsp3) is 0.438. The summed E-state index contributed by atoms with van der Waals surface area (Å²) in [6.07, 6.45) is 6.73. The van der Waals surface area contributed by atoms with Gasteiger partial charge in [-0.1, -0.05) is 0 Å². The van der Waals surface area contributed by atoms with Crippen molar-refractivity contribution >= 4 is 0 Å². The molecule has 3 rings (SSSR count). The van der Waals surface area contributed by atoms with E-state index in [0.29, 0.717) is 0 Å². The van der Waals surface area contributed by atoms with E-state index in [-0.39, 0.29) is 6.04 Å². The molecule has 0 aromatic carbocycles. The highest BCUT2D eigenvalue weighted by molar-refractivity contribution is 5.31. The van der Waals surface area contributed by atoms with Crippen molar-refractivity contribution in [1.82, 2.24) is 15.2 Å². The van der Waals surface area contributed by atoms with Crippen LogP contribution in [0.1, 0.15) is 29.3 Å². The minimum atomic E-state index is 0.188. The molecule has 106 valence electrons. The minimum Gasteiger partial charge on any atom is -0.467 e. The molecule has 1 aliphatic rings. The number of nitrogens with zero attached hydrogens (tertiary/aromatic N) is 2. The van der Waals surface area contributed by atoms with E-state index >= 15 is 0 Å². The van der Waals surface area contributed by atoms with Crippen LogP contribution in [0, 0.1) is 6.92 Å². The highest BCUT2D eigenvalue weighted by Crippen LogP contribution is 2.31. The molecule has 1 N–H and O–H groups in total. The van der Waals surface area contributed by atoms with E-state index in [9.17, 15) is 0 Å². The Morgan fingerprint density at radius 1 is 1.30 bits per heavy atom. The molecule has 20 heavy (non-hydrogen) atoms. The monoisotopic (exact) mass is 271 g/mol.